The number of fused-ring (bicyclic) bond motifs is 4. The van der Waals surface area contributed by atoms with Crippen LogP contribution in [-0.4, -0.2) is 68.8 Å². The number of benzene rings is 2. The van der Waals surface area contributed by atoms with Gasteiger partial charge in [-0.15, -0.1) is 23.2 Å². The fourth-order valence-electron chi connectivity index (χ4n) is 7.32. The van der Waals surface area contributed by atoms with Crippen molar-refractivity contribution in [1.82, 2.24) is 4.90 Å². The lowest BCUT2D eigenvalue weighted by atomic mass is 9.57. The van der Waals surface area contributed by atoms with Crippen molar-refractivity contribution in [2.75, 3.05) is 24.6 Å². The number of phenols is 1. The van der Waals surface area contributed by atoms with Crippen LogP contribution < -0.4 is 14.4 Å². The number of methoxy groups -OCH3 is 2. The Bertz CT molecular complexity index is 1730. The molecular formula is C33H29BrCl2N2O8. The Balaban J connectivity index is 1.45. The van der Waals surface area contributed by atoms with Crippen LogP contribution in [0.25, 0.3) is 6.08 Å². The summed E-state index contributed by atoms with van der Waals surface area (Å²) >= 11 is 17.7. The third-order valence-corrected chi connectivity index (χ3v) is 11.5. The molecule has 2 saturated heterocycles. The van der Waals surface area contributed by atoms with Gasteiger partial charge in [0.05, 0.1) is 37.2 Å². The van der Waals surface area contributed by atoms with E-state index in [1.54, 1.807) is 48.6 Å². The summed E-state index contributed by atoms with van der Waals surface area (Å²) in [6, 6.07) is 9.37. The summed E-state index contributed by atoms with van der Waals surface area (Å²) in [5.41, 5.74) is 1.81. The maximum Gasteiger partial charge on any atom is 0.254 e. The number of halogens is 3. The minimum Gasteiger partial charge on any atom is -0.502 e. The van der Waals surface area contributed by atoms with Gasteiger partial charge in [0.1, 0.15) is 0 Å². The van der Waals surface area contributed by atoms with Crippen molar-refractivity contribution in [3.8, 4) is 17.2 Å². The number of allylic oxidation sites excluding steroid dienone is 3. The zero-order valence-corrected chi connectivity index (χ0v) is 28.1. The normalized spacial score (nSPS) is 30.3. The predicted octanol–water partition coefficient (Wildman–Crippen LogP) is 5.07. The highest BCUT2D eigenvalue weighted by molar-refractivity contribution is 9.09. The maximum atomic E-state index is 14.1. The molecule has 13 heteroatoms. The molecule has 3 fully saturated rings. The number of alkyl halides is 3. The SMILES string of the molecule is COc1cc(C=CC2C3=CCC4C(=O)N(c5ccc(C(C)=O)cc5)C(=O)C4C3CC3(Cl)C(=O)N(CBr)C(=O)C23Cl)cc(OC)c1O. The second kappa shape index (κ2) is 11.5. The number of amides is 4. The third kappa shape index (κ3) is 4.46. The summed E-state index contributed by atoms with van der Waals surface area (Å²) in [7, 11) is 2.79. The summed E-state index contributed by atoms with van der Waals surface area (Å²) in [6.45, 7) is 1.43. The van der Waals surface area contributed by atoms with E-state index in [-0.39, 0.29) is 41.3 Å². The average Bonchev–Trinajstić information content (AvgIpc) is 3.38. The molecule has 6 unspecified atom stereocenters. The minimum atomic E-state index is -1.94. The van der Waals surface area contributed by atoms with E-state index in [4.69, 9.17) is 32.7 Å². The number of anilines is 1. The summed E-state index contributed by atoms with van der Waals surface area (Å²) in [5.74, 6) is -5.46. The Hall–Kier alpha value is -3.67. The molecule has 1 saturated carbocycles. The highest BCUT2D eigenvalue weighted by atomic mass is 79.9. The van der Waals surface area contributed by atoms with Crippen molar-refractivity contribution < 1.29 is 38.6 Å². The van der Waals surface area contributed by atoms with Crippen LogP contribution in [0.4, 0.5) is 5.69 Å². The van der Waals surface area contributed by atoms with Crippen molar-refractivity contribution in [1.29, 1.82) is 0 Å². The van der Waals surface area contributed by atoms with Gasteiger partial charge in [-0.25, -0.2) is 0 Å². The molecule has 46 heavy (non-hydrogen) atoms. The fraction of sp³-hybridized carbons (Fsp3) is 0.364. The minimum absolute atomic E-state index is 0.131. The smallest absolute Gasteiger partial charge is 0.254 e. The van der Waals surface area contributed by atoms with E-state index in [1.165, 1.54) is 21.1 Å². The Morgan fingerprint density at radius 1 is 1.02 bits per heavy atom. The molecule has 6 rings (SSSR count). The van der Waals surface area contributed by atoms with Gasteiger partial charge in [-0.3, -0.25) is 33.8 Å². The van der Waals surface area contributed by atoms with Crippen LogP contribution in [0.15, 0.2) is 54.1 Å². The number of Topliss-reactive ketones (excluding diaryl/α,β-unsaturated/α-hetero) is 1. The number of hydrogen-bond donors (Lipinski definition) is 1. The van der Waals surface area contributed by atoms with Crippen molar-refractivity contribution in [3.05, 3.63) is 65.3 Å². The molecule has 0 radical (unpaired) electrons. The van der Waals surface area contributed by atoms with Crippen molar-refractivity contribution >= 4 is 80.3 Å². The molecule has 0 spiro atoms. The van der Waals surface area contributed by atoms with E-state index in [0.29, 0.717) is 22.4 Å². The molecule has 2 aromatic carbocycles. The molecule has 4 aliphatic rings. The average molecular weight is 732 g/mol. The van der Waals surface area contributed by atoms with Gasteiger partial charge in [0.15, 0.2) is 27.0 Å². The van der Waals surface area contributed by atoms with Crippen LogP contribution in [0.1, 0.15) is 35.7 Å². The summed E-state index contributed by atoms with van der Waals surface area (Å²) in [4.78, 5) is 65.5. The quantitative estimate of drug-likeness (QED) is 0.137. The first-order chi connectivity index (χ1) is 21.8. The molecule has 1 N–H and O–H groups in total. The van der Waals surface area contributed by atoms with Crippen LogP contribution >= 0.6 is 39.1 Å². The van der Waals surface area contributed by atoms with E-state index >= 15 is 0 Å². The van der Waals surface area contributed by atoms with E-state index in [2.05, 4.69) is 15.9 Å². The van der Waals surface area contributed by atoms with Gasteiger partial charge in [-0.2, -0.15) is 0 Å². The highest BCUT2D eigenvalue weighted by Gasteiger charge is 2.75. The van der Waals surface area contributed by atoms with Gasteiger partial charge in [0, 0.05) is 11.5 Å². The molecule has 240 valence electrons. The molecule has 10 nitrogen and oxygen atoms in total. The number of rotatable bonds is 7. The van der Waals surface area contributed by atoms with Crippen LogP contribution in [0.5, 0.6) is 17.2 Å². The van der Waals surface area contributed by atoms with Crippen LogP contribution in [0.3, 0.4) is 0 Å². The molecule has 2 aromatic rings. The molecule has 4 amide bonds. The molecule has 0 aromatic heterocycles. The summed E-state index contributed by atoms with van der Waals surface area (Å²) in [6.07, 6.45) is 5.23. The molecule has 6 atom stereocenters. The zero-order chi connectivity index (χ0) is 33.3. The van der Waals surface area contributed by atoms with Crippen LogP contribution in [-0.2, 0) is 19.2 Å². The number of carbonyl (C=O) groups is 5. The van der Waals surface area contributed by atoms with Gasteiger partial charge in [-0.05, 0) is 67.6 Å². The number of nitrogens with zero attached hydrogens (tertiary/aromatic N) is 2. The van der Waals surface area contributed by atoms with Gasteiger partial charge >= 0.3 is 0 Å². The summed E-state index contributed by atoms with van der Waals surface area (Å²) < 4.78 is 10.6. The number of phenolic OH excluding ortho intramolecular Hbond substituents is 1. The van der Waals surface area contributed by atoms with Crippen molar-refractivity contribution in [2.24, 2.45) is 23.7 Å². The molecule has 0 bridgehead atoms. The summed E-state index contributed by atoms with van der Waals surface area (Å²) in [5, 5.41) is 10.4. The third-order valence-electron chi connectivity index (χ3n) is 9.59. The zero-order valence-electron chi connectivity index (χ0n) is 25.0. The maximum absolute atomic E-state index is 14.1. The number of aromatic hydroxyl groups is 1. The van der Waals surface area contributed by atoms with Gasteiger partial charge < -0.3 is 14.6 Å². The second-order valence-electron chi connectivity index (χ2n) is 11.8. The number of imide groups is 2. The second-order valence-corrected chi connectivity index (χ2v) is 13.5. The van der Waals surface area contributed by atoms with E-state index < -0.39 is 57.0 Å². The Morgan fingerprint density at radius 3 is 2.22 bits per heavy atom. The number of likely N-dealkylation sites (tertiary alicyclic amines) is 1. The van der Waals surface area contributed by atoms with E-state index in [9.17, 15) is 29.1 Å². The van der Waals surface area contributed by atoms with Crippen molar-refractivity contribution in [2.45, 2.75) is 29.5 Å². The molecular weight excluding hydrogens is 703 g/mol. The Kier molecular flexibility index (Phi) is 8.10. The topological polar surface area (TPSA) is 131 Å². The van der Waals surface area contributed by atoms with Crippen LogP contribution in [0.2, 0.25) is 0 Å². The highest BCUT2D eigenvalue weighted by Crippen LogP contribution is 2.63. The van der Waals surface area contributed by atoms with Gasteiger partial charge in [-0.1, -0.05) is 39.7 Å². The molecule has 2 aliphatic heterocycles. The lowest BCUT2D eigenvalue weighted by Gasteiger charge is -2.49. The van der Waals surface area contributed by atoms with Crippen molar-refractivity contribution in [3.63, 3.8) is 0 Å². The first-order valence-electron chi connectivity index (χ1n) is 14.5. The molecule has 2 aliphatic carbocycles. The standard InChI is InChI=1S/C33H29BrCl2N2O8/c1-16(39)18-5-7-19(8-6-18)38-28(41)21-10-9-20-22(26(21)29(38)42)14-32(35)30(43)37(15-34)31(44)33(32,36)23(20)11-4-17-12-24(45-2)27(40)25(13-17)46-3/h4-9,11-13,21-23,26,40H,10,14-15H2,1-3H3. The Labute approximate surface area is 283 Å². The number of carbonyl (C=O) groups excluding carboxylic acids is 5. The Morgan fingerprint density at radius 2 is 1.65 bits per heavy atom. The lowest BCUT2D eigenvalue weighted by Crippen LogP contribution is -2.60. The lowest BCUT2D eigenvalue weighted by molar-refractivity contribution is -0.138. The largest absolute Gasteiger partial charge is 0.502 e. The first-order valence-corrected chi connectivity index (χ1v) is 16.3. The number of ether oxygens (including phenoxy) is 2. The van der Waals surface area contributed by atoms with E-state index in [1.807, 2.05) is 6.08 Å². The number of ketones is 1. The fourth-order valence-corrected chi connectivity index (χ4v) is 8.70. The van der Waals surface area contributed by atoms with E-state index in [0.717, 1.165) is 9.80 Å². The number of hydrogen-bond acceptors (Lipinski definition) is 8. The van der Waals surface area contributed by atoms with Gasteiger partial charge in [0.2, 0.25) is 17.6 Å². The van der Waals surface area contributed by atoms with Crippen LogP contribution in [0, 0.1) is 23.7 Å². The van der Waals surface area contributed by atoms with Gasteiger partial charge in [0.25, 0.3) is 11.8 Å². The monoisotopic (exact) mass is 730 g/mol. The first kappa shape index (κ1) is 32.3. The molecule has 2 heterocycles. The predicted molar refractivity (Wildman–Crippen MR) is 173 cm³/mol.